The fraction of sp³-hybridized carbons (Fsp3) is 0.455. The van der Waals surface area contributed by atoms with Crippen molar-refractivity contribution >= 4 is 46.3 Å². The number of aromatic nitrogens is 4. The lowest BCUT2D eigenvalue weighted by Gasteiger charge is -2.29. The Hall–Kier alpha value is -3.01. The van der Waals surface area contributed by atoms with Crippen LogP contribution in [0.4, 0.5) is 26.4 Å². The Morgan fingerprint density at radius 1 is 1.27 bits per heavy atom. The molecule has 2 heterocycles. The van der Waals surface area contributed by atoms with Crippen molar-refractivity contribution in [2.45, 2.75) is 58.0 Å². The third-order valence-corrected chi connectivity index (χ3v) is 6.43. The zero-order valence-corrected chi connectivity index (χ0v) is 19.2. The number of rotatable bonds is 7. The summed E-state index contributed by atoms with van der Waals surface area (Å²) in [6.07, 6.45) is 5.11. The van der Waals surface area contributed by atoms with E-state index in [9.17, 15) is 13.6 Å². The number of fused-ring (bicyclic) bond motifs is 1. The van der Waals surface area contributed by atoms with Gasteiger partial charge in [-0.15, -0.1) is 0 Å². The molecule has 11 heteroatoms. The normalized spacial score (nSPS) is 19.4. The average Bonchev–Trinajstić information content (AvgIpc) is 3.13. The van der Waals surface area contributed by atoms with Gasteiger partial charge in [-0.1, -0.05) is 18.5 Å². The number of amides is 1. The third kappa shape index (κ3) is 4.85. The maximum absolute atomic E-state index is 14.5. The maximum Gasteiger partial charge on any atom is 0.224 e. The van der Waals surface area contributed by atoms with Crippen molar-refractivity contribution in [1.29, 1.82) is 0 Å². The van der Waals surface area contributed by atoms with Crippen molar-refractivity contribution in [3.05, 3.63) is 35.0 Å². The molecule has 3 aromatic rings. The fourth-order valence-electron chi connectivity index (χ4n) is 4.11. The summed E-state index contributed by atoms with van der Waals surface area (Å²) >= 11 is 6.11. The molecule has 33 heavy (non-hydrogen) atoms. The van der Waals surface area contributed by atoms with Gasteiger partial charge in [-0.05, 0) is 45.1 Å². The van der Waals surface area contributed by atoms with Crippen LogP contribution in [0.25, 0.3) is 11.2 Å². The molecule has 1 fully saturated rings. The molecule has 0 bridgehead atoms. The number of anilines is 3. The predicted octanol–water partition coefficient (Wildman–Crippen LogP) is 4.93. The standard InChI is InChI=1S/C22H26ClF2N7O/c1-3-11(2)28-21-27-10-17-20(31-21)32(14-6-4-12(5-7-14)19(26)33)22(29-17)30-18-15(23)8-13(24)9-16(18)25/h8-12,14H,3-7H2,1-2H3,(H2,26,33)(H,29,30)(H,27,28,31)/t11-,12?,14?/m0/s1. The van der Waals surface area contributed by atoms with Gasteiger partial charge in [0.1, 0.15) is 11.3 Å². The Morgan fingerprint density at radius 2 is 2.00 bits per heavy atom. The summed E-state index contributed by atoms with van der Waals surface area (Å²) in [4.78, 5) is 25.2. The number of primary amides is 1. The van der Waals surface area contributed by atoms with Gasteiger partial charge in [0.25, 0.3) is 0 Å². The van der Waals surface area contributed by atoms with Gasteiger partial charge in [-0.25, -0.2) is 18.7 Å². The smallest absolute Gasteiger partial charge is 0.224 e. The number of carbonyl (C=O) groups excluding carboxylic acids is 1. The van der Waals surface area contributed by atoms with E-state index in [0.29, 0.717) is 48.7 Å². The molecule has 1 saturated carbocycles. The number of nitrogens with two attached hydrogens (primary N) is 1. The van der Waals surface area contributed by atoms with Crippen LogP contribution in [0.5, 0.6) is 0 Å². The molecule has 1 atom stereocenters. The maximum atomic E-state index is 14.5. The minimum Gasteiger partial charge on any atom is -0.369 e. The first-order valence-corrected chi connectivity index (χ1v) is 11.4. The minimum absolute atomic E-state index is 0.0540. The molecule has 1 aliphatic carbocycles. The van der Waals surface area contributed by atoms with Crippen LogP contribution >= 0.6 is 11.6 Å². The molecular formula is C22H26ClF2N7O. The summed E-state index contributed by atoms with van der Waals surface area (Å²) < 4.78 is 29.9. The fourth-order valence-corrected chi connectivity index (χ4v) is 4.35. The number of benzene rings is 1. The zero-order valence-electron chi connectivity index (χ0n) is 18.4. The van der Waals surface area contributed by atoms with Crippen LogP contribution in [0, 0.1) is 17.6 Å². The summed E-state index contributed by atoms with van der Waals surface area (Å²) in [5.74, 6) is -1.30. The number of nitrogens with one attached hydrogen (secondary N) is 2. The highest BCUT2D eigenvalue weighted by Crippen LogP contribution is 2.38. The van der Waals surface area contributed by atoms with Crippen LogP contribution < -0.4 is 16.4 Å². The molecule has 4 N–H and O–H groups in total. The summed E-state index contributed by atoms with van der Waals surface area (Å²) in [5.41, 5.74) is 6.50. The summed E-state index contributed by atoms with van der Waals surface area (Å²) in [6.45, 7) is 4.09. The van der Waals surface area contributed by atoms with E-state index in [4.69, 9.17) is 17.3 Å². The highest BCUT2D eigenvalue weighted by Gasteiger charge is 2.29. The van der Waals surface area contributed by atoms with E-state index in [0.717, 1.165) is 18.6 Å². The molecule has 2 aromatic heterocycles. The average molecular weight is 478 g/mol. The second-order valence-electron chi connectivity index (χ2n) is 8.44. The van der Waals surface area contributed by atoms with Crippen molar-refractivity contribution in [2.75, 3.05) is 10.6 Å². The highest BCUT2D eigenvalue weighted by atomic mass is 35.5. The Labute approximate surface area is 194 Å². The summed E-state index contributed by atoms with van der Waals surface area (Å²) in [7, 11) is 0. The van der Waals surface area contributed by atoms with Crippen molar-refractivity contribution in [1.82, 2.24) is 19.5 Å². The first-order valence-electron chi connectivity index (χ1n) is 11.0. The van der Waals surface area contributed by atoms with Gasteiger partial charge < -0.3 is 16.4 Å². The van der Waals surface area contributed by atoms with Crippen LogP contribution in [0.1, 0.15) is 52.0 Å². The van der Waals surface area contributed by atoms with Crippen molar-refractivity contribution in [2.24, 2.45) is 11.7 Å². The van der Waals surface area contributed by atoms with Gasteiger partial charge in [0, 0.05) is 24.1 Å². The van der Waals surface area contributed by atoms with Crippen LogP contribution in [0.15, 0.2) is 18.3 Å². The van der Waals surface area contributed by atoms with Crippen LogP contribution in [0.3, 0.4) is 0 Å². The number of hydrogen-bond donors (Lipinski definition) is 3. The monoisotopic (exact) mass is 477 g/mol. The Kier molecular flexibility index (Phi) is 6.64. The molecule has 0 unspecified atom stereocenters. The quantitative estimate of drug-likeness (QED) is 0.445. The topological polar surface area (TPSA) is 111 Å². The van der Waals surface area contributed by atoms with Crippen molar-refractivity contribution in [3.8, 4) is 0 Å². The molecule has 176 valence electrons. The van der Waals surface area contributed by atoms with Gasteiger partial charge in [0.2, 0.25) is 17.8 Å². The van der Waals surface area contributed by atoms with Gasteiger partial charge in [0.15, 0.2) is 11.5 Å². The Bertz CT molecular complexity index is 1150. The van der Waals surface area contributed by atoms with Crippen LogP contribution in [0.2, 0.25) is 5.02 Å². The van der Waals surface area contributed by atoms with E-state index in [1.165, 1.54) is 0 Å². The zero-order chi connectivity index (χ0) is 23.7. The first-order chi connectivity index (χ1) is 15.8. The largest absolute Gasteiger partial charge is 0.369 e. The molecule has 1 amide bonds. The van der Waals surface area contributed by atoms with Gasteiger partial charge >= 0.3 is 0 Å². The lowest BCUT2D eigenvalue weighted by molar-refractivity contribution is -0.122. The molecule has 0 spiro atoms. The molecule has 0 aliphatic heterocycles. The van der Waals surface area contributed by atoms with E-state index in [1.54, 1.807) is 6.20 Å². The van der Waals surface area contributed by atoms with Crippen molar-refractivity contribution < 1.29 is 13.6 Å². The van der Waals surface area contributed by atoms with Crippen LogP contribution in [-0.4, -0.2) is 31.5 Å². The molecular weight excluding hydrogens is 452 g/mol. The lowest BCUT2D eigenvalue weighted by atomic mass is 9.85. The SMILES string of the molecule is CC[C@H](C)Nc1ncc2nc(Nc3c(F)cc(F)cc3Cl)n(C3CCC(C(N)=O)CC3)c2n1. The molecule has 8 nitrogen and oxygen atoms in total. The summed E-state index contributed by atoms with van der Waals surface area (Å²) in [5, 5.41) is 6.08. The molecule has 0 saturated heterocycles. The molecule has 1 aliphatic rings. The third-order valence-electron chi connectivity index (χ3n) is 6.13. The number of imidazole rings is 1. The Balaban J connectivity index is 1.77. The van der Waals surface area contributed by atoms with E-state index in [-0.39, 0.29) is 34.6 Å². The predicted molar refractivity (Wildman–Crippen MR) is 124 cm³/mol. The number of halogens is 3. The minimum atomic E-state index is -0.832. The number of carbonyl (C=O) groups is 1. The second-order valence-corrected chi connectivity index (χ2v) is 8.85. The van der Waals surface area contributed by atoms with E-state index < -0.39 is 11.6 Å². The number of hydrogen-bond acceptors (Lipinski definition) is 6. The highest BCUT2D eigenvalue weighted by molar-refractivity contribution is 6.33. The van der Waals surface area contributed by atoms with E-state index >= 15 is 0 Å². The van der Waals surface area contributed by atoms with Gasteiger partial charge in [0.05, 0.1) is 16.9 Å². The molecule has 1 aromatic carbocycles. The first kappa shape index (κ1) is 23.2. The number of nitrogens with zero attached hydrogens (tertiary/aromatic N) is 4. The van der Waals surface area contributed by atoms with E-state index in [1.807, 2.05) is 11.5 Å². The van der Waals surface area contributed by atoms with Gasteiger partial charge in [-0.3, -0.25) is 9.36 Å². The van der Waals surface area contributed by atoms with Gasteiger partial charge in [-0.2, -0.15) is 4.98 Å². The van der Waals surface area contributed by atoms with Crippen LogP contribution in [-0.2, 0) is 4.79 Å². The Morgan fingerprint density at radius 3 is 2.64 bits per heavy atom. The molecule has 4 rings (SSSR count). The van der Waals surface area contributed by atoms with E-state index in [2.05, 4.69) is 32.5 Å². The summed E-state index contributed by atoms with van der Waals surface area (Å²) in [6, 6.07) is 1.91. The second kappa shape index (κ2) is 9.46. The lowest BCUT2D eigenvalue weighted by Crippen LogP contribution is -2.29. The molecule has 0 radical (unpaired) electrons. The van der Waals surface area contributed by atoms with Crippen molar-refractivity contribution in [3.63, 3.8) is 0 Å².